The van der Waals surface area contributed by atoms with Crippen LogP contribution in [0.4, 0.5) is 0 Å². The minimum Gasteiger partial charge on any atom is -0.126 e. The molecule has 101 valence electrons. The molecule has 0 saturated carbocycles. The maximum atomic E-state index is 5.85. The van der Waals surface area contributed by atoms with E-state index in [0.29, 0.717) is 0 Å². The summed E-state index contributed by atoms with van der Waals surface area (Å²) in [5.74, 6) is 1.22. The fourth-order valence-corrected chi connectivity index (χ4v) is 2.92. The van der Waals surface area contributed by atoms with Gasteiger partial charge in [-0.25, -0.2) is 0 Å². The summed E-state index contributed by atoms with van der Waals surface area (Å²) in [6.45, 7) is 3.87. The van der Waals surface area contributed by atoms with Gasteiger partial charge < -0.3 is 0 Å². The summed E-state index contributed by atoms with van der Waals surface area (Å²) >= 11 is 7.79. The van der Waals surface area contributed by atoms with Crippen molar-refractivity contribution < 1.29 is 0 Å². The third kappa shape index (κ3) is 8.05. The normalized spacial score (nSPS) is 10.8. The summed E-state index contributed by atoms with van der Waals surface area (Å²) in [7, 11) is 0. The predicted molar refractivity (Wildman–Crippen MR) is 84.5 cm³/mol. The summed E-state index contributed by atoms with van der Waals surface area (Å²) in [4.78, 5) is 1.33. The molecule has 0 fully saturated rings. The molecule has 0 aliphatic carbocycles. The highest BCUT2D eigenvalue weighted by Crippen LogP contribution is 2.21. The largest absolute Gasteiger partial charge is 0.126 e. The van der Waals surface area contributed by atoms with Crippen LogP contribution in [0.1, 0.15) is 51.4 Å². The Kier molecular flexibility index (Phi) is 9.51. The van der Waals surface area contributed by atoms with Crippen LogP contribution in [0.15, 0.2) is 29.2 Å². The van der Waals surface area contributed by atoms with Gasteiger partial charge in [0.25, 0.3) is 0 Å². The van der Waals surface area contributed by atoms with Crippen molar-refractivity contribution in [1.29, 1.82) is 0 Å². The highest BCUT2D eigenvalue weighted by Gasteiger charge is 1.95. The zero-order valence-electron chi connectivity index (χ0n) is 11.2. The Morgan fingerprint density at radius 1 is 0.833 bits per heavy atom. The van der Waals surface area contributed by atoms with Gasteiger partial charge in [0.15, 0.2) is 0 Å². The van der Waals surface area contributed by atoms with E-state index in [2.05, 4.69) is 19.1 Å². The first-order valence-corrected chi connectivity index (χ1v) is 8.37. The Balaban J connectivity index is 1.91. The Bertz CT molecular complexity index is 294. The third-order valence-corrected chi connectivity index (χ3v) is 4.33. The van der Waals surface area contributed by atoms with Crippen molar-refractivity contribution in [3.8, 4) is 0 Å². The number of unbranched alkanes of at least 4 members (excludes halogenated alkanes) is 7. The molecule has 0 aliphatic rings. The van der Waals surface area contributed by atoms with Gasteiger partial charge in [-0.3, -0.25) is 0 Å². The lowest BCUT2D eigenvalue weighted by Gasteiger charge is -2.03. The molecule has 1 aromatic rings. The quantitative estimate of drug-likeness (QED) is 0.354. The first kappa shape index (κ1) is 15.9. The van der Waals surface area contributed by atoms with Crippen LogP contribution in [0.5, 0.6) is 0 Å². The van der Waals surface area contributed by atoms with Gasteiger partial charge in [-0.1, -0.05) is 63.5 Å². The first-order valence-electron chi connectivity index (χ1n) is 7.00. The van der Waals surface area contributed by atoms with E-state index < -0.39 is 0 Å². The van der Waals surface area contributed by atoms with E-state index in [1.54, 1.807) is 0 Å². The van der Waals surface area contributed by atoms with Gasteiger partial charge in [0.1, 0.15) is 0 Å². The van der Waals surface area contributed by atoms with E-state index in [1.165, 1.54) is 55.6 Å². The Labute approximate surface area is 122 Å². The number of halogens is 1. The number of thioether (sulfide) groups is 1. The molecule has 0 nitrogen and oxygen atoms in total. The van der Waals surface area contributed by atoms with Gasteiger partial charge in [0.2, 0.25) is 0 Å². The van der Waals surface area contributed by atoms with Gasteiger partial charge in [0, 0.05) is 9.92 Å². The first-order chi connectivity index (χ1) is 8.83. The standard InChI is InChI=1S/C16H24ClS/c1-2-3-4-5-6-7-8-9-14-18-16-12-10-15(17)11-13-16/h10-13H,1-9,14H2. The molecule has 0 heterocycles. The molecule has 0 bridgehead atoms. The van der Waals surface area contributed by atoms with Crippen LogP contribution < -0.4 is 0 Å². The Morgan fingerprint density at radius 3 is 2.00 bits per heavy atom. The summed E-state index contributed by atoms with van der Waals surface area (Å²) in [5.41, 5.74) is 0. The maximum absolute atomic E-state index is 5.85. The molecule has 1 aromatic carbocycles. The topological polar surface area (TPSA) is 0 Å². The monoisotopic (exact) mass is 283 g/mol. The molecule has 18 heavy (non-hydrogen) atoms. The second-order valence-electron chi connectivity index (χ2n) is 4.63. The van der Waals surface area contributed by atoms with Crippen LogP contribution in [-0.2, 0) is 0 Å². The third-order valence-electron chi connectivity index (χ3n) is 2.98. The number of hydrogen-bond donors (Lipinski definition) is 0. The van der Waals surface area contributed by atoms with Crippen LogP contribution in [-0.4, -0.2) is 5.75 Å². The summed E-state index contributed by atoms with van der Waals surface area (Å²) in [6, 6.07) is 8.14. The average Bonchev–Trinajstić information content (AvgIpc) is 2.39. The highest BCUT2D eigenvalue weighted by atomic mass is 35.5. The number of benzene rings is 1. The van der Waals surface area contributed by atoms with E-state index in [9.17, 15) is 0 Å². The lowest BCUT2D eigenvalue weighted by Crippen LogP contribution is -1.83. The van der Waals surface area contributed by atoms with Crippen LogP contribution in [0.2, 0.25) is 5.02 Å². The summed E-state index contributed by atoms with van der Waals surface area (Å²) in [6.07, 6.45) is 10.6. The van der Waals surface area contributed by atoms with Crippen molar-refractivity contribution in [3.05, 3.63) is 36.2 Å². The molecule has 0 spiro atoms. The van der Waals surface area contributed by atoms with E-state index in [1.807, 2.05) is 23.9 Å². The average molecular weight is 284 g/mol. The fourth-order valence-electron chi connectivity index (χ4n) is 1.88. The van der Waals surface area contributed by atoms with Crippen LogP contribution in [0, 0.1) is 6.92 Å². The molecule has 1 rings (SSSR count). The summed E-state index contributed by atoms with van der Waals surface area (Å²) in [5, 5.41) is 0.821. The molecule has 0 amide bonds. The second-order valence-corrected chi connectivity index (χ2v) is 6.24. The number of rotatable bonds is 10. The SMILES string of the molecule is [CH2]CCCCCCCCCSc1ccc(Cl)cc1. The molecule has 0 atom stereocenters. The Morgan fingerprint density at radius 2 is 1.39 bits per heavy atom. The van der Waals surface area contributed by atoms with Gasteiger partial charge in [0.05, 0.1) is 0 Å². The molecular formula is C16H24ClS. The van der Waals surface area contributed by atoms with Gasteiger partial charge in [-0.2, -0.15) is 0 Å². The number of hydrogen-bond acceptors (Lipinski definition) is 1. The molecule has 0 aromatic heterocycles. The van der Waals surface area contributed by atoms with E-state index in [4.69, 9.17) is 11.6 Å². The Hall–Kier alpha value is -0.140. The molecule has 1 radical (unpaired) electrons. The van der Waals surface area contributed by atoms with Crippen molar-refractivity contribution in [3.63, 3.8) is 0 Å². The van der Waals surface area contributed by atoms with Crippen molar-refractivity contribution in [1.82, 2.24) is 0 Å². The van der Waals surface area contributed by atoms with Crippen molar-refractivity contribution in [2.45, 2.75) is 56.3 Å². The lowest BCUT2D eigenvalue weighted by molar-refractivity contribution is 0.593. The maximum Gasteiger partial charge on any atom is 0.0406 e. The molecule has 0 N–H and O–H groups in total. The zero-order chi connectivity index (χ0) is 13.1. The zero-order valence-corrected chi connectivity index (χ0v) is 12.7. The summed E-state index contributed by atoms with van der Waals surface area (Å²) < 4.78 is 0. The second kappa shape index (κ2) is 10.8. The van der Waals surface area contributed by atoms with Crippen LogP contribution in [0.25, 0.3) is 0 Å². The predicted octanol–water partition coefficient (Wildman–Crippen LogP) is 6.39. The van der Waals surface area contributed by atoms with E-state index in [-0.39, 0.29) is 0 Å². The van der Waals surface area contributed by atoms with Gasteiger partial charge >= 0.3 is 0 Å². The van der Waals surface area contributed by atoms with Gasteiger partial charge in [-0.05, 0) is 36.4 Å². The van der Waals surface area contributed by atoms with Gasteiger partial charge in [-0.15, -0.1) is 11.8 Å². The van der Waals surface area contributed by atoms with Crippen LogP contribution in [0.3, 0.4) is 0 Å². The van der Waals surface area contributed by atoms with Crippen LogP contribution >= 0.6 is 23.4 Å². The molecule has 0 saturated heterocycles. The minimum atomic E-state index is 0.821. The molecule has 0 unspecified atom stereocenters. The molecule has 2 heteroatoms. The lowest BCUT2D eigenvalue weighted by atomic mass is 10.1. The highest BCUT2D eigenvalue weighted by molar-refractivity contribution is 7.99. The van der Waals surface area contributed by atoms with Crippen molar-refractivity contribution in [2.75, 3.05) is 5.75 Å². The van der Waals surface area contributed by atoms with Crippen molar-refractivity contribution >= 4 is 23.4 Å². The smallest absolute Gasteiger partial charge is 0.0406 e. The molecule has 0 aliphatic heterocycles. The minimum absolute atomic E-state index is 0.821. The molecular weight excluding hydrogens is 260 g/mol. The van der Waals surface area contributed by atoms with E-state index in [0.717, 1.165) is 11.4 Å². The van der Waals surface area contributed by atoms with Crippen molar-refractivity contribution in [2.24, 2.45) is 0 Å². The fraction of sp³-hybridized carbons (Fsp3) is 0.562. The van der Waals surface area contributed by atoms with E-state index >= 15 is 0 Å².